The maximum absolute atomic E-state index is 9.05. The average Bonchev–Trinajstić information content (AvgIpc) is 2.53. The van der Waals surface area contributed by atoms with Crippen molar-refractivity contribution < 1.29 is 0 Å². The molecule has 1 aromatic rings. The van der Waals surface area contributed by atoms with E-state index in [9.17, 15) is 0 Å². The van der Waals surface area contributed by atoms with Crippen molar-refractivity contribution in [2.75, 3.05) is 25.4 Å². The summed E-state index contributed by atoms with van der Waals surface area (Å²) < 4.78 is 2.05. The van der Waals surface area contributed by atoms with Crippen LogP contribution in [-0.2, 0) is 6.54 Å². The molecule has 1 heterocycles. The van der Waals surface area contributed by atoms with Gasteiger partial charge in [-0.3, -0.25) is 0 Å². The van der Waals surface area contributed by atoms with Gasteiger partial charge in [-0.05, 0) is 32.5 Å². The molecular formula is C13H22N4. The van der Waals surface area contributed by atoms with E-state index in [1.54, 1.807) is 0 Å². The van der Waals surface area contributed by atoms with Crippen LogP contribution in [0.3, 0.4) is 0 Å². The zero-order valence-electron chi connectivity index (χ0n) is 11.2. The van der Waals surface area contributed by atoms with Crippen LogP contribution in [0.4, 0.5) is 5.82 Å². The maximum Gasteiger partial charge on any atom is 0.122 e. The first kappa shape index (κ1) is 13.6. The summed E-state index contributed by atoms with van der Waals surface area (Å²) in [4.78, 5) is 2.35. The van der Waals surface area contributed by atoms with Gasteiger partial charge in [-0.25, -0.2) is 0 Å². The second-order valence-electron chi connectivity index (χ2n) is 4.26. The third kappa shape index (κ3) is 2.62. The summed E-state index contributed by atoms with van der Waals surface area (Å²) in [5.74, 6) is 0.606. The molecule has 2 N–H and O–H groups in total. The average molecular weight is 234 g/mol. The van der Waals surface area contributed by atoms with Crippen molar-refractivity contribution in [3.8, 4) is 6.07 Å². The molecule has 0 aromatic carbocycles. The molecular weight excluding hydrogens is 212 g/mol. The fraction of sp³-hybridized carbons (Fsp3) is 0.615. The number of aromatic nitrogens is 1. The molecule has 0 bridgehead atoms. The molecule has 1 rings (SSSR count). The molecule has 0 fully saturated rings. The van der Waals surface area contributed by atoms with Crippen molar-refractivity contribution in [3.63, 3.8) is 0 Å². The number of hydrogen-bond acceptors (Lipinski definition) is 3. The number of likely N-dealkylation sites (N-methyl/N-ethyl adjacent to an activating group) is 1. The zero-order chi connectivity index (χ0) is 13.0. The van der Waals surface area contributed by atoms with Crippen molar-refractivity contribution >= 4 is 5.82 Å². The topological polar surface area (TPSA) is 58.0 Å². The summed E-state index contributed by atoms with van der Waals surface area (Å²) in [5, 5.41) is 9.05. The second kappa shape index (κ2) is 5.74. The number of rotatable bonds is 5. The number of nitriles is 1. The predicted molar refractivity (Wildman–Crippen MR) is 70.8 cm³/mol. The van der Waals surface area contributed by atoms with Crippen LogP contribution in [0.2, 0.25) is 0 Å². The van der Waals surface area contributed by atoms with Gasteiger partial charge < -0.3 is 15.2 Å². The van der Waals surface area contributed by atoms with Crippen molar-refractivity contribution in [1.82, 2.24) is 9.47 Å². The SMILES string of the molecule is CCN(CC)CCn1c(C)c(C)c(C#N)c1N. The van der Waals surface area contributed by atoms with Crippen LogP contribution in [0.25, 0.3) is 0 Å². The molecule has 0 aliphatic rings. The van der Waals surface area contributed by atoms with Crippen LogP contribution in [-0.4, -0.2) is 29.1 Å². The highest BCUT2D eigenvalue weighted by molar-refractivity contribution is 5.57. The van der Waals surface area contributed by atoms with Gasteiger partial charge in [-0.2, -0.15) is 5.26 Å². The van der Waals surface area contributed by atoms with E-state index in [4.69, 9.17) is 11.0 Å². The first-order valence-corrected chi connectivity index (χ1v) is 6.14. The van der Waals surface area contributed by atoms with E-state index in [1.165, 1.54) is 0 Å². The molecule has 0 amide bonds. The van der Waals surface area contributed by atoms with E-state index in [-0.39, 0.29) is 0 Å². The van der Waals surface area contributed by atoms with Crippen LogP contribution >= 0.6 is 0 Å². The molecule has 0 spiro atoms. The largest absolute Gasteiger partial charge is 0.384 e. The molecule has 4 heteroatoms. The Labute approximate surface area is 104 Å². The van der Waals surface area contributed by atoms with E-state index in [0.717, 1.165) is 37.4 Å². The van der Waals surface area contributed by atoms with Crippen molar-refractivity contribution in [3.05, 3.63) is 16.8 Å². The van der Waals surface area contributed by atoms with Gasteiger partial charge in [0.15, 0.2) is 0 Å². The minimum atomic E-state index is 0.606. The fourth-order valence-electron chi connectivity index (χ4n) is 2.10. The Morgan fingerprint density at radius 1 is 1.29 bits per heavy atom. The fourth-order valence-corrected chi connectivity index (χ4v) is 2.10. The van der Waals surface area contributed by atoms with Gasteiger partial charge >= 0.3 is 0 Å². The number of nitrogens with zero attached hydrogens (tertiary/aromatic N) is 3. The Morgan fingerprint density at radius 2 is 1.88 bits per heavy atom. The number of nitrogen functional groups attached to an aromatic ring is 1. The predicted octanol–water partition coefficient (Wildman–Crippen LogP) is 1.90. The van der Waals surface area contributed by atoms with Gasteiger partial charge in [0.1, 0.15) is 11.9 Å². The lowest BCUT2D eigenvalue weighted by Crippen LogP contribution is -2.27. The highest BCUT2D eigenvalue weighted by Crippen LogP contribution is 2.23. The van der Waals surface area contributed by atoms with Gasteiger partial charge in [0, 0.05) is 18.8 Å². The Morgan fingerprint density at radius 3 is 2.29 bits per heavy atom. The van der Waals surface area contributed by atoms with Crippen molar-refractivity contribution in [2.24, 2.45) is 0 Å². The Bertz CT molecular complexity index is 422. The molecule has 0 aliphatic heterocycles. The number of anilines is 1. The van der Waals surface area contributed by atoms with E-state index >= 15 is 0 Å². The first-order chi connectivity index (χ1) is 8.06. The molecule has 0 saturated heterocycles. The van der Waals surface area contributed by atoms with E-state index in [2.05, 4.69) is 24.8 Å². The quantitative estimate of drug-likeness (QED) is 0.846. The molecule has 0 aliphatic carbocycles. The third-order valence-corrected chi connectivity index (χ3v) is 3.52. The maximum atomic E-state index is 9.05. The standard InChI is InChI=1S/C13H22N4/c1-5-16(6-2)7-8-17-11(4)10(3)12(9-14)13(17)15/h5-8,15H2,1-4H3. The molecule has 4 nitrogen and oxygen atoms in total. The minimum Gasteiger partial charge on any atom is -0.384 e. The van der Waals surface area contributed by atoms with Crippen LogP contribution in [0.1, 0.15) is 30.7 Å². The lowest BCUT2D eigenvalue weighted by molar-refractivity contribution is 0.290. The summed E-state index contributed by atoms with van der Waals surface area (Å²) in [6, 6.07) is 2.18. The third-order valence-electron chi connectivity index (χ3n) is 3.52. The van der Waals surface area contributed by atoms with Crippen LogP contribution in [0.15, 0.2) is 0 Å². The monoisotopic (exact) mass is 234 g/mol. The summed E-state index contributed by atoms with van der Waals surface area (Å²) in [6.07, 6.45) is 0. The van der Waals surface area contributed by atoms with Crippen molar-refractivity contribution in [1.29, 1.82) is 5.26 Å². The second-order valence-corrected chi connectivity index (χ2v) is 4.26. The molecule has 94 valence electrons. The minimum absolute atomic E-state index is 0.606. The van der Waals surface area contributed by atoms with E-state index in [1.807, 2.05) is 18.4 Å². The number of nitrogens with two attached hydrogens (primary N) is 1. The van der Waals surface area contributed by atoms with Gasteiger partial charge in [0.2, 0.25) is 0 Å². The smallest absolute Gasteiger partial charge is 0.122 e. The zero-order valence-corrected chi connectivity index (χ0v) is 11.2. The molecule has 0 unspecified atom stereocenters. The number of hydrogen-bond donors (Lipinski definition) is 1. The molecule has 0 atom stereocenters. The Balaban J connectivity index is 2.89. The Hall–Kier alpha value is -1.47. The van der Waals surface area contributed by atoms with Gasteiger partial charge in [0.05, 0.1) is 5.56 Å². The summed E-state index contributed by atoms with van der Waals surface area (Å²) in [6.45, 7) is 12.2. The normalized spacial score (nSPS) is 10.8. The highest BCUT2D eigenvalue weighted by atomic mass is 15.2. The molecule has 1 aromatic heterocycles. The van der Waals surface area contributed by atoms with Gasteiger partial charge in [-0.1, -0.05) is 13.8 Å². The van der Waals surface area contributed by atoms with Crippen LogP contribution < -0.4 is 5.73 Å². The summed E-state index contributed by atoms with van der Waals surface area (Å²) in [7, 11) is 0. The molecule has 17 heavy (non-hydrogen) atoms. The Kier molecular flexibility index (Phi) is 4.59. The van der Waals surface area contributed by atoms with Gasteiger partial charge in [-0.15, -0.1) is 0 Å². The lowest BCUT2D eigenvalue weighted by atomic mass is 10.2. The van der Waals surface area contributed by atoms with E-state index in [0.29, 0.717) is 11.4 Å². The van der Waals surface area contributed by atoms with E-state index < -0.39 is 0 Å². The molecule has 0 radical (unpaired) electrons. The first-order valence-electron chi connectivity index (χ1n) is 6.14. The van der Waals surface area contributed by atoms with Gasteiger partial charge in [0.25, 0.3) is 0 Å². The summed E-state index contributed by atoms with van der Waals surface area (Å²) in [5.41, 5.74) is 8.74. The van der Waals surface area contributed by atoms with Crippen LogP contribution in [0.5, 0.6) is 0 Å². The highest BCUT2D eigenvalue weighted by Gasteiger charge is 2.14. The molecule has 0 saturated carbocycles. The van der Waals surface area contributed by atoms with Crippen molar-refractivity contribution in [2.45, 2.75) is 34.2 Å². The lowest BCUT2D eigenvalue weighted by Gasteiger charge is -2.19. The van der Waals surface area contributed by atoms with Crippen LogP contribution in [0, 0.1) is 25.2 Å². The summed E-state index contributed by atoms with van der Waals surface area (Å²) >= 11 is 0.